The molecule has 2 aromatic rings. The highest BCUT2D eigenvalue weighted by atomic mass is 35.5. The van der Waals surface area contributed by atoms with Crippen molar-refractivity contribution < 1.29 is 14.6 Å². The third kappa shape index (κ3) is 2.70. The third-order valence-corrected chi connectivity index (χ3v) is 2.18. The average molecular weight is 251 g/mol. The van der Waals surface area contributed by atoms with Gasteiger partial charge in [-0.3, -0.25) is 0 Å². The molecule has 2 rings (SSSR count). The number of carboxylic acid groups (broad SMARTS) is 1. The number of aromatic nitrogens is 2. The topological polar surface area (TPSA) is 72.3 Å². The smallest absolute Gasteiger partial charge is 0.335 e. The number of rotatable bonds is 3. The van der Waals surface area contributed by atoms with E-state index in [0.29, 0.717) is 5.75 Å². The van der Waals surface area contributed by atoms with Crippen LogP contribution in [0.15, 0.2) is 36.7 Å². The van der Waals surface area contributed by atoms with Gasteiger partial charge in [-0.25, -0.2) is 14.8 Å². The summed E-state index contributed by atoms with van der Waals surface area (Å²) in [5.41, 5.74) is 0.127. The predicted octanol–water partition coefficient (Wildman–Crippen LogP) is 2.62. The first kappa shape index (κ1) is 11.3. The quantitative estimate of drug-likeness (QED) is 0.907. The van der Waals surface area contributed by atoms with Crippen LogP contribution in [-0.2, 0) is 0 Å². The number of ether oxygens (including phenoxy) is 1. The molecule has 6 heteroatoms. The van der Waals surface area contributed by atoms with Gasteiger partial charge in [-0.15, -0.1) is 0 Å². The summed E-state index contributed by atoms with van der Waals surface area (Å²) in [6.07, 6.45) is 2.87. The van der Waals surface area contributed by atoms with Crippen LogP contribution in [-0.4, -0.2) is 21.0 Å². The second kappa shape index (κ2) is 4.80. The maximum Gasteiger partial charge on any atom is 0.335 e. The lowest BCUT2D eigenvalue weighted by molar-refractivity contribution is 0.0696. The van der Waals surface area contributed by atoms with E-state index in [4.69, 9.17) is 21.4 Å². The minimum atomic E-state index is -1.03. The van der Waals surface area contributed by atoms with Crippen molar-refractivity contribution >= 4 is 17.6 Å². The molecule has 0 spiro atoms. The average Bonchev–Trinajstić information content (AvgIpc) is 2.32. The Labute approximate surface area is 102 Å². The molecule has 1 heterocycles. The molecule has 1 N–H and O–H groups in total. The largest absolute Gasteiger partial charge is 0.478 e. The zero-order valence-corrected chi connectivity index (χ0v) is 9.26. The third-order valence-electron chi connectivity index (χ3n) is 1.92. The Balaban J connectivity index is 2.28. The van der Waals surface area contributed by atoms with Crippen molar-refractivity contribution in [2.75, 3.05) is 0 Å². The van der Waals surface area contributed by atoms with E-state index in [2.05, 4.69) is 9.97 Å². The lowest BCUT2D eigenvalue weighted by Gasteiger charge is -2.05. The molecular formula is C11H7ClN2O3. The van der Waals surface area contributed by atoms with Gasteiger partial charge in [0, 0.05) is 12.4 Å². The van der Waals surface area contributed by atoms with Crippen LogP contribution in [0, 0.1) is 0 Å². The molecule has 1 aromatic heterocycles. The molecule has 0 aliphatic rings. The lowest BCUT2D eigenvalue weighted by Crippen LogP contribution is -1.97. The number of carboxylic acids is 1. The van der Waals surface area contributed by atoms with Gasteiger partial charge in [0.25, 0.3) is 5.88 Å². The number of carbonyl (C=O) groups is 1. The van der Waals surface area contributed by atoms with Crippen LogP contribution in [0.1, 0.15) is 10.4 Å². The van der Waals surface area contributed by atoms with Gasteiger partial charge in [-0.2, -0.15) is 0 Å². The molecule has 0 amide bonds. The Hall–Kier alpha value is -2.14. The first-order valence-corrected chi connectivity index (χ1v) is 5.02. The highest BCUT2D eigenvalue weighted by molar-refractivity contribution is 6.30. The molecule has 17 heavy (non-hydrogen) atoms. The Morgan fingerprint density at radius 2 is 2.06 bits per heavy atom. The fourth-order valence-electron chi connectivity index (χ4n) is 1.18. The van der Waals surface area contributed by atoms with E-state index in [1.54, 1.807) is 12.1 Å². The van der Waals surface area contributed by atoms with E-state index >= 15 is 0 Å². The number of halogens is 1. The van der Waals surface area contributed by atoms with Crippen LogP contribution >= 0.6 is 11.6 Å². The summed E-state index contributed by atoms with van der Waals surface area (Å²) >= 11 is 5.76. The second-order valence-corrected chi connectivity index (χ2v) is 3.45. The van der Waals surface area contributed by atoms with Crippen LogP contribution in [0.5, 0.6) is 11.6 Å². The van der Waals surface area contributed by atoms with Gasteiger partial charge in [0.1, 0.15) is 5.75 Å². The van der Waals surface area contributed by atoms with E-state index in [0.717, 1.165) is 0 Å². The molecule has 86 valence electrons. The van der Waals surface area contributed by atoms with E-state index in [-0.39, 0.29) is 16.6 Å². The van der Waals surface area contributed by atoms with Gasteiger partial charge in [0.15, 0.2) is 5.15 Å². The number of benzene rings is 1. The van der Waals surface area contributed by atoms with Crippen LogP contribution in [0.4, 0.5) is 0 Å². The molecular weight excluding hydrogens is 244 g/mol. The fraction of sp³-hybridized carbons (Fsp3) is 0. The number of hydrogen-bond acceptors (Lipinski definition) is 4. The van der Waals surface area contributed by atoms with Gasteiger partial charge < -0.3 is 9.84 Å². The molecule has 1 aromatic carbocycles. The van der Waals surface area contributed by atoms with Crippen LogP contribution in [0.3, 0.4) is 0 Å². The van der Waals surface area contributed by atoms with Gasteiger partial charge in [-0.1, -0.05) is 17.7 Å². The molecule has 0 aliphatic carbocycles. The lowest BCUT2D eigenvalue weighted by atomic mass is 10.2. The summed E-state index contributed by atoms with van der Waals surface area (Å²) in [6, 6.07) is 6.03. The van der Waals surface area contributed by atoms with Crippen LogP contribution in [0.25, 0.3) is 0 Å². The molecule has 0 bridgehead atoms. The summed E-state index contributed by atoms with van der Waals surface area (Å²) in [6.45, 7) is 0. The monoisotopic (exact) mass is 250 g/mol. The van der Waals surface area contributed by atoms with Crippen LogP contribution in [0.2, 0.25) is 5.15 Å². The van der Waals surface area contributed by atoms with Crippen LogP contribution < -0.4 is 4.74 Å². The highest BCUT2D eigenvalue weighted by Crippen LogP contribution is 2.25. The standard InChI is InChI=1S/C11H7ClN2O3/c12-9-10(14-5-4-13-9)17-8-3-1-2-7(6-8)11(15)16/h1-6H,(H,15,16). The minimum Gasteiger partial charge on any atom is -0.478 e. The highest BCUT2D eigenvalue weighted by Gasteiger charge is 2.07. The second-order valence-electron chi connectivity index (χ2n) is 3.09. The number of aromatic carboxylic acids is 1. The molecule has 0 aliphatic heterocycles. The number of nitrogens with zero attached hydrogens (tertiary/aromatic N) is 2. The minimum absolute atomic E-state index is 0.119. The van der Waals surface area contributed by atoms with Crippen molar-refractivity contribution in [3.8, 4) is 11.6 Å². The van der Waals surface area contributed by atoms with Crippen molar-refractivity contribution in [2.45, 2.75) is 0 Å². The van der Waals surface area contributed by atoms with Gasteiger partial charge >= 0.3 is 5.97 Å². The predicted molar refractivity (Wildman–Crippen MR) is 60.5 cm³/mol. The van der Waals surface area contributed by atoms with E-state index < -0.39 is 5.97 Å². The molecule has 0 radical (unpaired) electrons. The summed E-state index contributed by atoms with van der Waals surface area (Å²) < 4.78 is 5.33. The zero-order valence-electron chi connectivity index (χ0n) is 8.50. The Morgan fingerprint density at radius 3 is 2.76 bits per heavy atom. The molecule has 0 saturated heterocycles. The molecule has 5 nitrogen and oxygen atoms in total. The van der Waals surface area contributed by atoms with Crippen molar-refractivity contribution in [2.24, 2.45) is 0 Å². The van der Waals surface area contributed by atoms with Crippen molar-refractivity contribution in [3.05, 3.63) is 47.4 Å². The fourth-order valence-corrected chi connectivity index (χ4v) is 1.32. The summed E-state index contributed by atoms with van der Waals surface area (Å²) in [5, 5.41) is 8.94. The normalized spacial score (nSPS) is 9.94. The maximum absolute atomic E-state index is 10.8. The van der Waals surface area contributed by atoms with E-state index in [1.807, 2.05) is 0 Å². The molecule has 0 fully saturated rings. The van der Waals surface area contributed by atoms with E-state index in [1.165, 1.54) is 24.5 Å². The first-order chi connectivity index (χ1) is 8.16. The summed E-state index contributed by atoms with van der Waals surface area (Å²) in [7, 11) is 0. The Morgan fingerprint density at radius 1 is 1.29 bits per heavy atom. The maximum atomic E-state index is 10.8. The Bertz CT molecular complexity index is 560. The molecule has 0 unspecified atom stereocenters. The first-order valence-electron chi connectivity index (χ1n) is 4.64. The van der Waals surface area contributed by atoms with Gasteiger partial charge in [-0.05, 0) is 18.2 Å². The van der Waals surface area contributed by atoms with Gasteiger partial charge in [0.2, 0.25) is 0 Å². The van der Waals surface area contributed by atoms with Crippen molar-refractivity contribution in [3.63, 3.8) is 0 Å². The molecule has 0 atom stereocenters. The summed E-state index contributed by atoms with van der Waals surface area (Å²) in [5.74, 6) is -0.551. The zero-order chi connectivity index (χ0) is 12.3. The summed E-state index contributed by atoms with van der Waals surface area (Å²) in [4.78, 5) is 18.4. The SMILES string of the molecule is O=C(O)c1cccc(Oc2nccnc2Cl)c1. The number of hydrogen-bond donors (Lipinski definition) is 1. The van der Waals surface area contributed by atoms with Crippen molar-refractivity contribution in [1.82, 2.24) is 9.97 Å². The van der Waals surface area contributed by atoms with Gasteiger partial charge in [0.05, 0.1) is 5.56 Å². The Kier molecular flexibility index (Phi) is 3.20. The van der Waals surface area contributed by atoms with Crippen molar-refractivity contribution in [1.29, 1.82) is 0 Å². The van der Waals surface area contributed by atoms with E-state index in [9.17, 15) is 4.79 Å². The molecule has 0 saturated carbocycles.